The number of aliphatic hydroxyl groups excluding tert-OH is 1. The topological polar surface area (TPSA) is 95.7 Å². The summed E-state index contributed by atoms with van der Waals surface area (Å²) in [7, 11) is 0. The maximum Gasteiger partial charge on any atom is 0.230 e. The number of hydrogen-bond donors (Lipinski definition) is 2. The molecule has 0 bridgehead atoms. The Bertz CT molecular complexity index is 585. The molecule has 1 aromatic rings. The Balaban J connectivity index is 1.72. The largest absolute Gasteiger partial charge is 0.392 e. The summed E-state index contributed by atoms with van der Waals surface area (Å²) >= 11 is 0. The molecule has 2 atom stereocenters. The third-order valence-electron chi connectivity index (χ3n) is 4.68. The maximum atomic E-state index is 12.4. The summed E-state index contributed by atoms with van der Waals surface area (Å²) in [5.41, 5.74) is -0.122. The second-order valence-electron chi connectivity index (χ2n) is 6.25. The molecule has 2 fully saturated rings. The number of aryl methyl sites for hydroxylation is 1. The number of carbonyl (C=O) groups excluding carboxylic acids is 2. The molecule has 7 heteroatoms. The molecule has 1 aromatic heterocycles. The van der Waals surface area contributed by atoms with E-state index >= 15 is 0 Å². The first kappa shape index (κ1) is 15.0. The van der Waals surface area contributed by atoms with Crippen molar-refractivity contribution in [3.8, 4) is 0 Å². The summed E-state index contributed by atoms with van der Waals surface area (Å²) in [5, 5.41) is 16.9. The lowest BCUT2D eigenvalue weighted by atomic mass is 9.71. The minimum atomic E-state index is -0.858. The SMILES string of the molecule is Cc1cc(CC(=O)N2CC[C@@H](O)[C@@]3(CCCNC3=O)C2)on1. The van der Waals surface area contributed by atoms with Gasteiger partial charge >= 0.3 is 0 Å². The normalized spacial score (nSPS) is 28.7. The summed E-state index contributed by atoms with van der Waals surface area (Å²) in [6.45, 7) is 3.17. The predicted octanol–water partition coefficient (Wildman–Crippen LogP) is 0.0151. The first-order valence-corrected chi connectivity index (χ1v) is 7.67. The molecule has 0 saturated carbocycles. The van der Waals surface area contributed by atoms with Gasteiger partial charge < -0.3 is 19.8 Å². The monoisotopic (exact) mass is 307 g/mol. The highest BCUT2D eigenvalue weighted by Crippen LogP contribution is 2.37. The number of likely N-dealkylation sites (tertiary alicyclic amines) is 1. The molecule has 0 radical (unpaired) electrons. The molecule has 2 aliphatic rings. The van der Waals surface area contributed by atoms with E-state index in [4.69, 9.17) is 4.52 Å². The highest BCUT2D eigenvalue weighted by atomic mass is 16.5. The molecule has 22 heavy (non-hydrogen) atoms. The van der Waals surface area contributed by atoms with E-state index in [1.807, 2.05) is 0 Å². The summed E-state index contributed by atoms with van der Waals surface area (Å²) in [6.07, 6.45) is 1.31. The Morgan fingerprint density at radius 1 is 1.64 bits per heavy atom. The van der Waals surface area contributed by atoms with Crippen LogP contribution in [0.15, 0.2) is 10.6 Å². The molecular weight excluding hydrogens is 286 g/mol. The van der Waals surface area contributed by atoms with Crippen molar-refractivity contribution in [1.82, 2.24) is 15.4 Å². The fourth-order valence-electron chi connectivity index (χ4n) is 3.42. The highest BCUT2D eigenvalue weighted by molar-refractivity contribution is 5.86. The van der Waals surface area contributed by atoms with Crippen LogP contribution in [0.1, 0.15) is 30.7 Å². The van der Waals surface area contributed by atoms with Crippen LogP contribution < -0.4 is 5.32 Å². The van der Waals surface area contributed by atoms with Gasteiger partial charge in [-0.05, 0) is 26.2 Å². The number of nitrogens with zero attached hydrogens (tertiary/aromatic N) is 2. The van der Waals surface area contributed by atoms with Crippen molar-refractivity contribution in [2.75, 3.05) is 19.6 Å². The first-order chi connectivity index (χ1) is 10.5. The lowest BCUT2D eigenvalue weighted by molar-refractivity contribution is -0.154. The fraction of sp³-hybridized carbons (Fsp3) is 0.667. The number of piperidine rings is 2. The summed E-state index contributed by atoms with van der Waals surface area (Å²) in [5.74, 6) is 0.288. The van der Waals surface area contributed by atoms with E-state index in [1.165, 1.54) is 0 Å². The van der Waals surface area contributed by atoms with Gasteiger partial charge in [0.05, 0.1) is 23.6 Å². The van der Waals surface area contributed by atoms with Gasteiger partial charge in [0.25, 0.3) is 0 Å². The van der Waals surface area contributed by atoms with Crippen LogP contribution in [0.3, 0.4) is 0 Å². The van der Waals surface area contributed by atoms with Crippen molar-refractivity contribution in [2.24, 2.45) is 5.41 Å². The van der Waals surface area contributed by atoms with Gasteiger partial charge in [0.1, 0.15) is 5.76 Å². The van der Waals surface area contributed by atoms with Crippen LogP contribution in [0.25, 0.3) is 0 Å². The third-order valence-corrected chi connectivity index (χ3v) is 4.68. The van der Waals surface area contributed by atoms with Crippen LogP contribution in [-0.2, 0) is 16.0 Å². The van der Waals surface area contributed by atoms with Gasteiger partial charge in [-0.3, -0.25) is 9.59 Å². The molecule has 120 valence electrons. The maximum absolute atomic E-state index is 12.4. The van der Waals surface area contributed by atoms with Gasteiger partial charge in [-0.25, -0.2) is 0 Å². The number of carbonyl (C=O) groups is 2. The minimum absolute atomic E-state index is 0.0965. The zero-order valence-electron chi connectivity index (χ0n) is 12.7. The first-order valence-electron chi connectivity index (χ1n) is 7.67. The number of nitrogens with one attached hydrogen (secondary N) is 1. The zero-order chi connectivity index (χ0) is 15.7. The Morgan fingerprint density at radius 3 is 3.14 bits per heavy atom. The van der Waals surface area contributed by atoms with E-state index in [9.17, 15) is 14.7 Å². The number of rotatable bonds is 2. The number of hydrogen-bond acceptors (Lipinski definition) is 5. The second kappa shape index (κ2) is 5.72. The van der Waals surface area contributed by atoms with Gasteiger partial charge in [-0.15, -0.1) is 0 Å². The van der Waals surface area contributed by atoms with E-state index in [-0.39, 0.29) is 24.8 Å². The average Bonchev–Trinajstić information content (AvgIpc) is 2.90. The van der Waals surface area contributed by atoms with Crippen LogP contribution in [0, 0.1) is 12.3 Å². The van der Waals surface area contributed by atoms with Crippen molar-refractivity contribution in [1.29, 1.82) is 0 Å². The zero-order valence-corrected chi connectivity index (χ0v) is 12.7. The number of aromatic nitrogens is 1. The van der Waals surface area contributed by atoms with E-state index in [1.54, 1.807) is 17.9 Å². The Hall–Kier alpha value is -1.89. The molecule has 2 saturated heterocycles. The van der Waals surface area contributed by atoms with Crippen molar-refractivity contribution in [3.05, 3.63) is 17.5 Å². The summed E-state index contributed by atoms with van der Waals surface area (Å²) in [4.78, 5) is 26.4. The third kappa shape index (κ3) is 2.61. The number of aliphatic hydroxyl groups is 1. The van der Waals surface area contributed by atoms with Gasteiger partial charge in [0, 0.05) is 25.7 Å². The lowest BCUT2D eigenvalue weighted by Gasteiger charge is -2.46. The quantitative estimate of drug-likeness (QED) is 0.803. The molecule has 3 rings (SSSR count). The van der Waals surface area contributed by atoms with Crippen molar-refractivity contribution >= 4 is 11.8 Å². The van der Waals surface area contributed by atoms with Crippen LogP contribution in [0.5, 0.6) is 0 Å². The molecule has 7 nitrogen and oxygen atoms in total. The average molecular weight is 307 g/mol. The van der Waals surface area contributed by atoms with Gasteiger partial charge in [0.15, 0.2) is 0 Å². The van der Waals surface area contributed by atoms with Gasteiger partial charge in [-0.1, -0.05) is 5.16 Å². The molecule has 3 heterocycles. The van der Waals surface area contributed by atoms with Crippen LogP contribution >= 0.6 is 0 Å². The Labute approximate surface area is 128 Å². The highest BCUT2D eigenvalue weighted by Gasteiger charge is 2.50. The van der Waals surface area contributed by atoms with Gasteiger partial charge in [0.2, 0.25) is 11.8 Å². The van der Waals surface area contributed by atoms with E-state index in [0.717, 1.165) is 12.1 Å². The molecular formula is C15H21N3O4. The smallest absolute Gasteiger partial charge is 0.230 e. The summed E-state index contributed by atoms with van der Waals surface area (Å²) < 4.78 is 5.08. The van der Waals surface area contributed by atoms with Crippen LogP contribution in [-0.4, -0.2) is 52.7 Å². The van der Waals surface area contributed by atoms with Crippen molar-refractivity contribution in [2.45, 2.75) is 38.7 Å². The van der Waals surface area contributed by atoms with E-state index in [0.29, 0.717) is 31.7 Å². The minimum Gasteiger partial charge on any atom is -0.392 e. The summed E-state index contributed by atoms with van der Waals surface area (Å²) in [6, 6.07) is 1.74. The van der Waals surface area contributed by atoms with Crippen LogP contribution in [0.4, 0.5) is 0 Å². The van der Waals surface area contributed by atoms with Crippen molar-refractivity contribution < 1.29 is 19.2 Å². The van der Waals surface area contributed by atoms with Crippen molar-refractivity contribution in [3.63, 3.8) is 0 Å². The van der Waals surface area contributed by atoms with E-state index in [2.05, 4.69) is 10.5 Å². The molecule has 0 unspecified atom stereocenters. The van der Waals surface area contributed by atoms with Gasteiger partial charge in [-0.2, -0.15) is 0 Å². The second-order valence-corrected chi connectivity index (χ2v) is 6.25. The molecule has 0 aromatic carbocycles. The van der Waals surface area contributed by atoms with E-state index < -0.39 is 11.5 Å². The molecule has 1 spiro atoms. The predicted molar refractivity (Wildman–Crippen MR) is 76.8 cm³/mol. The lowest BCUT2D eigenvalue weighted by Crippen LogP contribution is -2.62. The van der Waals surface area contributed by atoms with Crippen LogP contribution in [0.2, 0.25) is 0 Å². The number of amides is 2. The molecule has 2 amide bonds. The molecule has 2 aliphatic heterocycles. The fourth-order valence-corrected chi connectivity index (χ4v) is 3.42. The Morgan fingerprint density at radius 2 is 2.45 bits per heavy atom. The standard InChI is InChI=1S/C15H21N3O4/c1-10-7-11(22-17-10)8-13(20)18-6-3-12(19)15(9-18)4-2-5-16-14(15)21/h7,12,19H,2-6,8-9H2,1H3,(H,16,21)/t12-,15-/m1/s1. The Kier molecular flexibility index (Phi) is 3.90. The molecule has 2 N–H and O–H groups in total. The molecule has 0 aliphatic carbocycles.